The third-order valence-corrected chi connectivity index (χ3v) is 7.05. The molecule has 1 atom stereocenters. The largest absolute Gasteiger partial charge is 0.450 e. The van der Waals surface area contributed by atoms with Crippen molar-refractivity contribution in [3.63, 3.8) is 0 Å². The van der Waals surface area contributed by atoms with Crippen molar-refractivity contribution in [2.75, 3.05) is 4.90 Å². The fraction of sp³-hybridized carbons (Fsp3) is 0.174. The molecule has 0 saturated heterocycles. The van der Waals surface area contributed by atoms with Crippen molar-refractivity contribution in [2.45, 2.75) is 26.8 Å². The quantitative estimate of drug-likeness (QED) is 0.388. The molecule has 0 radical (unpaired) electrons. The molecular weight excluding hydrogens is 439 g/mol. The highest BCUT2D eigenvalue weighted by Gasteiger charge is 2.46. The van der Waals surface area contributed by atoms with Gasteiger partial charge >= 0.3 is 0 Å². The molecule has 2 aromatic heterocycles. The molecule has 156 valence electrons. The molecule has 0 N–H and O–H groups in total. The second-order valence-corrected chi connectivity index (χ2v) is 9.10. The molecule has 0 saturated carbocycles. The van der Waals surface area contributed by atoms with Crippen LogP contribution in [0.1, 0.15) is 43.9 Å². The van der Waals surface area contributed by atoms with Crippen molar-refractivity contribution in [3.8, 4) is 0 Å². The number of rotatable bonds is 2. The second-order valence-electron chi connectivity index (χ2n) is 7.51. The van der Waals surface area contributed by atoms with Crippen molar-refractivity contribution in [3.05, 3.63) is 90.5 Å². The van der Waals surface area contributed by atoms with Gasteiger partial charge in [0.15, 0.2) is 10.6 Å². The van der Waals surface area contributed by atoms with E-state index in [4.69, 9.17) is 16.0 Å². The Morgan fingerprint density at radius 3 is 2.58 bits per heavy atom. The minimum atomic E-state index is -0.991. The number of carbonyl (C=O) groups excluding carboxylic acids is 1. The minimum Gasteiger partial charge on any atom is -0.450 e. The Morgan fingerprint density at radius 2 is 1.90 bits per heavy atom. The van der Waals surface area contributed by atoms with Crippen LogP contribution in [0, 0.1) is 26.6 Å². The van der Waals surface area contributed by atoms with Gasteiger partial charge in [-0.15, -0.1) is 11.3 Å². The average Bonchev–Trinajstić information content (AvgIpc) is 3.20. The van der Waals surface area contributed by atoms with Gasteiger partial charge in [-0.1, -0.05) is 29.8 Å². The van der Waals surface area contributed by atoms with Crippen LogP contribution in [0.25, 0.3) is 11.0 Å². The second kappa shape index (κ2) is 7.00. The molecule has 0 spiro atoms. The molecule has 1 aliphatic rings. The first-order valence-corrected chi connectivity index (χ1v) is 10.8. The number of nitrogens with zero attached hydrogens (tertiary/aromatic N) is 2. The van der Waals surface area contributed by atoms with Crippen LogP contribution in [0.3, 0.4) is 0 Å². The topological polar surface area (TPSA) is 63.4 Å². The summed E-state index contributed by atoms with van der Waals surface area (Å²) in [5.74, 6) is -1.15. The lowest BCUT2D eigenvalue weighted by Crippen LogP contribution is -2.30. The normalized spacial score (nSPS) is 15.7. The maximum absolute atomic E-state index is 14.9. The monoisotopic (exact) mass is 454 g/mol. The number of amides is 1. The van der Waals surface area contributed by atoms with Gasteiger partial charge in [-0.05, 0) is 44.5 Å². The van der Waals surface area contributed by atoms with E-state index < -0.39 is 23.2 Å². The SMILES string of the molecule is Cc1cc2oc3c(c(=O)c2cc1Cl)C(c1ccccc1F)N(c1nc(C)c(C)s1)C3=O. The lowest BCUT2D eigenvalue weighted by molar-refractivity contribution is 0.0970. The number of carbonyl (C=O) groups is 1. The van der Waals surface area contributed by atoms with E-state index in [1.807, 2.05) is 13.8 Å². The van der Waals surface area contributed by atoms with Gasteiger partial charge in [0.1, 0.15) is 17.4 Å². The molecule has 5 nitrogen and oxygen atoms in total. The maximum atomic E-state index is 14.9. The summed E-state index contributed by atoms with van der Waals surface area (Å²) in [5.41, 5.74) is 1.63. The number of aromatic nitrogens is 1. The molecule has 2 aromatic carbocycles. The highest BCUT2D eigenvalue weighted by atomic mass is 35.5. The highest BCUT2D eigenvalue weighted by molar-refractivity contribution is 7.15. The van der Waals surface area contributed by atoms with Crippen LogP contribution in [0.2, 0.25) is 5.02 Å². The van der Waals surface area contributed by atoms with E-state index >= 15 is 0 Å². The summed E-state index contributed by atoms with van der Waals surface area (Å²) in [7, 11) is 0. The van der Waals surface area contributed by atoms with Crippen LogP contribution >= 0.6 is 22.9 Å². The molecular formula is C23H16ClFN2O3S. The number of benzene rings is 2. The van der Waals surface area contributed by atoms with Gasteiger partial charge in [0.25, 0.3) is 5.91 Å². The van der Waals surface area contributed by atoms with Gasteiger partial charge in [-0.3, -0.25) is 14.5 Å². The van der Waals surface area contributed by atoms with E-state index in [1.54, 1.807) is 31.2 Å². The number of anilines is 1. The van der Waals surface area contributed by atoms with Gasteiger partial charge < -0.3 is 4.42 Å². The smallest absolute Gasteiger partial charge is 0.297 e. The van der Waals surface area contributed by atoms with E-state index in [0.29, 0.717) is 10.2 Å². The van der Waals surface area contributed by atoms with Crippen molar-refractivity contribution >= 4 is 44.9 Å². The molecule has 8 heteroatoms. The Morgan fingerprint density at radius 1 is 1.16 bits per heavy atom. The van der Waals surface area contributed by atoms with Crippen molar-refractivity contribution < 1.29 is 13.6 Å². The molecule has 4 aromatic rings. The van der Waals surface area contributed by atoms with E-state index in [9.17, 15) is 14.0 Å². The van der Waals surface area contributed by atoms with Crippen molar-refractivity contribution in [1.82, 2.24) is 4.98 Å². The first kappa shape index (κ1) is 19.9. The standard InChI is InChI=1S/C23H16ClFN2O3S/c1-10-8-17-14(9-15(10)24)20(28)18-19(13-6-4-5-7-16(13)25)27(22(29)21(18)30-17)23-26-11(2)12(3)31-23/h4-9,19H,1-3H3. The Bertz CT molecular complexity index is 1440. The molecule has 1 unspecified atom stereocenters. The van der Waals surface area contributed by atoms with Crippen LogP contribution in [0.4, 0.5) is 9.52 Å². The number of hydrogen-bond donors (Lipinski definition) is 0. The summed E-state index contributed by atoms with van der Waals surface area (Å²) < 4.78 is 20.8. The number of thiazole rings is 1. The number of halogens is 2. The Balaban J connectivity index is 1.86. The van der Waals surface area contributed by atoms with Gasteiger partial charge in [-0.2, -0.15) is 0 Å². The Kier molecular flexibility index (Phi) is 4.50. The van der Waals surface area contributed by atoms with Crippen LogP contribution in [-0.2, 0) is 0 Å². The molecule has 3 heterocycles. The fourth-order valence-corrected chi connectivity index (χ4v) is 4.94. The van der Waals surface area contributed by atoms with E-state index in [-0.39, 0.29) is 27.9 Å². The third-order valence-electron chi connectivity index (χ3n) is 5.57. The lowest BCUT2D eigenvalue weighted by Gasteiger charge is -2.22. The summed E-state index contributed by atoms with van der Waals surface area (Å²) in [6.07, 6.45) is 0. The van der Waals surface area contributed by atoms with Gasteiger partial charge in [-0.25, -0.2) is 9.37 Å². The highest BCUT2D eigenvalue weighted by Crippen LogP contribution is 2.43. The summed E-state index contributed by atoms with van der Waals surface area (Å²) in [6, 6.07) is 8.26. The Labute approximate surface area is 185 Å². The summed E-state index contributed by atoms with van der Waals surface area (Å²) in [5, 5.41) is 1.05. The molecule has 0 fully saturated rings. The Hall–Kier alpha value is -3.03. The minimum absolute atomic E-state index is 0.0908. The summed E-state index contributed by atoms with van der Waals surface area (Å²) in [4.78, 5) is 33.8. The predicted octanol–water partition coefficient (Wildman–Crippen LogP) is 5.72. The van der Waals surface area contributed by atoms with Crippen molar-refractivity contribution in [1.29, 1.82) is 0 Å². The van der Waals surface area contributed by atoms with Crippen LogP contribution < -0.4 is 10.3 Å². The number of aryl methyl sites for hydroxylation is 3. The zero-order chi connectivity index (χ0) is 22.0. The summed E-state index contributed by atoms with van der Waals surface area (Å²) >= 11 is 7.55. The maximum Gasteiger partial charge on any atom is 0.297 e. The van der Waals surface area contributed by atoms with Crippen LogP contribution in [-0.4, -0.2) is 10.9 Å². The fourth-order valence-electron chi connectivity index (χ4n) is 3.84. The zero-order valence-electron chi connectivity index (χ0n) is 16.8. The molecule has 0 bridgehead atoms. The third kappa shape index (κ3) is 2.91. The average molecular weight is 455 g/mol. The van der Waals surface area contributed by atoms with E-state index in [0.717, 1.165) is 16.1 Å². The van der Waals surface area contributed by atoms with E-state index in [2.05, 4.69) is 4.98 Å². The van der Waals surface area contributed by atoms with Crippen LogP contribution in [0.15, 0.2) is 45.6 Å². The van der Waals surface area contributed by atoms with Crippen molar-refractivity contribution in [2.24, 2.45) is 0 Å². The molecule has 1 aliphatic heterocycles. The van der Waals surface area contributed by atoms with Crippen LogP contribution in [0.5, 0.6) is 0 Å². The summed E-state index contributed by atoms with van der Waals surface area (Å²) in [6.45, 7) is 5.51. The van der Waals surface area contributed by atoms with Gasteiger partial charge in [0, 0.05) is 15.5 Å². The zero-order valence-corrected chi connectivity index (χ0v) is 18.4. The molecule has 5 rings (SSSR count). The predicted molar refractivity (Wildman–Crippen MR) is 119 cm³/mol. The molecule has 31 heavy (non-hydrogen) atoms. The molecule has 0 aliphatic carbocycles. The number of fused-ring (bicyclic) bond motifs is 2. The first-order chi connectivity index (χ1) is 14.8. The first-order valence-electron chi connectivity index (χ1n) is 9.56. The van der Waals surface area contributed by atoms with Gasteiger partial charge in [0.05, 0.1) is 16.6 Å². The van der Waals surface area contributed by atoms with E-state index in [1.165, 1.54) is 28.4 Å². The molecule has 1 amide bonds. The van der Waals surface area contributed by atoms with Gasteiger partial charge in [0.2, 0.25) is 5.76 Å². The number of hydrogen-bond acceptors (Lipinski definition) is 5. The lowest BCUT2D eigenvalue weighted by atomic mass is 9.98.